The lowest BCUT2D eigenvalue weighted by Gasteiger charge is -2.25. The highest BCUT2D eigenvalue weighted by molar-refractivity contribution is 8.76. The third kappa shape index (κ3) is 11.6. The molecule has 0 saturated carbocycles. The molecule has 2 aromatic heterocycles. The number of benzene rings is 2. The number of rotatable bonds is 15. The number of nitrogens with one attached hydrogen (secondary N) is 2. The van der Waals surface area contributed by atoms with Crippen molar-refractivity contribution in [1.29, 1.82) is 0 Å². The summed E-state index contributed by atoms with van der Waals surface area (Å²) in [7, 11) is 3.00. The van der Waals surface area contributed by atoms with E-state index in [1.807, 2.05) is 29.2 Å². The Morgan fingerprint density at radius 3 is 2.59 bits per heavy atom. The number of carbonyl (C=O) groups excluding carboxylic acids is 3. The molecule has 4 rings (SSSR count). The summed E-state index contributed by atoms with van der Waals surface area (Å²) in [4.78, 5) is 63.9. The quantitative estimate of drug-likeness (QED) is 0.0674. The molecular formula is C35H38N6O6S2. The molecule has 0 aliphatic rings. The number of aromatic nitrogens is 3. The maximum atomic E-state index is 13.3. The number of fused-ring (bicyclic) bond motifs is 1. The predicted molar refractivity (Wildman–Crippen MR) is 193 cm³/mol. The molecule has 0 spiro atoms. The van der Waals surface area contributed by atoms with Crippen molar-refractivity contribution in [3.8, 4) is 12.3 Å². The zero-order valence-electron chi connectivity index (χ0n) is 27.4. The van der Waals surface area contributed by atoms with Crippen LogP contribution in [0.5, 0.6) is 0 Å². The molecule has 2 aromatic carbocycles. The highest BCUT2D eigenvalue weighted by Crippen LogP contribution is 2.28. The number of nitrogens with zero attached hydrogens (tertiary/aromatic N) is 3. The Balaban J connectivity index is 1.36. The number of nitrogen functional groups attached to an aromatic ring is 1. The number of pyridine rings is 1. The summed E-state index contributed by atoms with van der Waals surface area (Å²) < 4.78 is 10.9. The number of carbonyl (C=O) groups is 3. The fraction of sp³-hybridized carbons (Fsp3) is 0.314. The fourth-order valence-electron chi connectivity index (χ4n) is 4.58. The number of H-pyrrole nitrogens is 1. The lowest BCUT2D eigenvalue weighted by molar-refractivity contribution is -0.157. The molecule has 4 N–H and O–H groups in total. The van der Waals surface area contributed by atoms with Gasteiger partial charge in [-0.1, -0.05) is 28.8 Å². The van der Waals surface area contributed by atoms with Gasteiger partial charge in [-0.2, -0.15) is 0 Å². The molecule has 1 amide bonds. The molecule has 49 heavy (non-hydrogen) atoms. The topological polar surface area (TPSA) is 170 Å². The number of esters is 2. The Bertz CT molecular complexity index is 1860. The monoisotopic (exact) mass is 702 g/mol. The highest BCUT2D eigenvalue weighted by Gasteiger charge is 2.28. The van der Waals surface area contributed by atoms with Crippen LogP contribution >= 0.6 is 21.6 Å². The number of ether oxygens (including phenoxy) is 2. The predicted octanol–water partition coefficient (Wildman–Crippen LogP) is 4.74. The van der Waals surface area contributed by atoms with E-state index in [0.717, 1.165) is 16.3 Å². The largest absolute Gasteiger partial charge is 0.465 e. The summed E-state index contributed by atoms with van der Waals surface area (Å²) >= 11 is 0. The molecule has 256 valence electrons. The van der Waals surface area contributed by atoms with Gasteiger partial charge in [-0.05, 0) is 92.1 Å². The molecule has 0 bridgehead atoms. The van der Waals surface area contributed by atoms with Crippen molar-refractivity contribution in [3.63, 3.8) is 0 Å². The van der Waals surface area contributed by atoms with Gasteiger partial charge in [0.25, 0.3) is 11.5 Å². The second-order valence-corrected chi connectivity index (χ2v) is 14.2. The first-order valence-corrected chi connectivity index (χ1v) is 17.7. The van der Waals surface area contributed by atoms with Crippen molar-refractivity contribution in [3.05, 3.63) is 88.3 Å². The molecule has 0 fully saturated rings. The van der Waals surface area contributed by atoms with Gasteiger partial charge >= 0.3 is 11.9 Å². The van der Waals surface area contributed by atoms with Gasteiger partial charge in [0.1, 0.15) is 23.3 Å². The highest BCUT2D eigenvalue weighted by atomic mass is 33.1. The van der Waals surface area contributed by atoms with Gasteiger partial charge in [-0.15, -0.1) is 6.42 Å². The van der Waals surface area contributed by atoms with Gasteiger partial charge in [0.15, 0.2) is 0 Å². The smallest absolute Gasteiger partial charge is 0.329 e. The SMILES string of the molecule is C#CCN(Cc1ccc2nc(N)[nH]c(=O)c2c1)c1ccc(C(=O)NC(CCC(=O)OCCSSc2ccccn2)C(=O)OC(C)(C)C)cc1. The second kappa shape index (κ2) is 17.4. The van der Waals surface area contributed by atoms with Crippen LogP contribution in [0.25, 0.3) is 10.9 Å². The lowest BCUT2D eigenvalue weighted by Crippen LogP contribution is -2.44. The Hall–Kier alpha value is -5.00. The minimum absolute atomic E-state index is 0.0000502. The van der Waals surface area contributed by atoms with Crippen molar-refractivity contribution in [2.24, 2.45) is 0 Å². The van der Waals surface area contributed by atoms with Crippen LogP contribution in [0.1, 0.15) is 49.5 Å². The summed E-state index contributed by atoms with van der Waals surface area (Å²) in [5.41, 5.74) is 6.86. The van der Waals surface area contributed by atoms with Crippen LogP contribution < -0.4 is 21.5 Å². The number of anilines is 2. The van der Waals surface area contributed by atoms with Crippen LogP contribution in [-0.4, -0.2) is 63.3 Å². The number of nitrogens with two attached hydrogens (primary N) is 1. The Morgan fingerprint density at radius 2 is 1.90 bits per heavy atom. The van der Waals surface area contributed by atoms with Gasteiger partial charge in [-0.3, -0.25) is 19.4 Å². The Kier molecular flexibility index (Phi) is 13.1. The molecule has 0 saturated heterocycles. The van der Waals surface area contributed by atoms with Crippen LogP contribution in [0.4, 0.5) is 11.6 Å². The zero-order chi connectivity index (χ0) is 35.4. The fourth-order valence-corrected chi connectivity index (χ4v) is 6.29. The number of terminal acetylenes is 1. The van der Waals surface area contributed by atoms with Crippen molar-refractivity contribution >= 4 is 62.0 Å². The summed E-state index contributed by atoms with van der Waals surface area (Å²) in [6, 6.07) is 16.6. The molecule has 14 heteroatoms. The van der Waals surface area contributed by atoms with Gasteiger partial charge < -0.3 is 25.4 Å². The molecule has 0 aliphatic carbocycles. The molecule has 12 nitrogen and oxygen atoms in total. The van der Waals surface area contributed by atoms with E-state index in [1.54, 1.807) is 63.4 Å². The molecule has 2 heterocycles. The molecule has 1 unspecified atom stereocenters. The van der Waals surface area contributed by atoms with E-state index < -0.39 is 29.5 Å². The molecule has 1 atom stereocenters. The van der Waals surface area contributed by atoms with Crippen LogP contribution in [0.2, 0.25) is 0 Å². The number of aromatic amines is 1. The summed E-state index contributed by atoms with van der Waals surface area (Å²) in [5, 5.41) is 3.98. The average molecular weight is 703 g/mol. The summed E-state index contributed by atoms with van der Waals surface area (Å²) in [5.74, 6) is 1.59. The van der Waals surface area contributed by atoms with Crippen LogP contribution in [0, 0.1) is 12.3 Å². The summed E-state index contributed by atoms with van der Waals surface area (Å²) in [6.45, 7) is 6.01. The maximum Gasteiger partial charge on any atom is 0.329 e. The van der Waals surface area contributed by atoms with Crippen molar-refractivity contribution in [2.75, 3.05) is 29.5 Å². The maximum absolute atomic E-state index is 13.3. The number of hydrogen-bond acceptors (Lipinski definition) is 12. The first-order valence-electron chi connectivity index (χ1n) is 15.4. The van der Waals surface area contributed by atoms with Gasteiger partial charge in [-0.25, -0.2) is 14.8 Å². The molecule has 0 aliphatic heterocycles. The molecule has 0 radical (unpaired) electrons. The molecular weight excluding hydrogens is 665 g/mol. The molecule has 4 aromatic rings. The average Bonchev–Trinajstić information content (AvgIpc) is 3.06. The third-order valence-electron chi connectivity index (χ3n) is 6.78. The first kappa shape index (κ1) is 36.8. The van der Waals surface area contributed by atoms with Gasteiger partial charge in [0, 0.05) is 36.2 Å². The van der Waals surface area contributed by atoms with E-state index in [1.165, 1.54) is 21.6 Å². The summed E-state index contributed by atoms with van der Waals surface area (Å²) in [6.07, 6.45) is 7.27. The van der Waals surface area contributed by atoms with Crippen LogP contribution in [-0.2, 0) is 25.6 Å². The number of hydrogen-bond donors (Lipinski definition) is 3. The Morgan fingerprint density at radius 1 is 1.12 bits per heavy atom. The van der Waals surface area contributed by atoms with E-state index >= 15 is 0 Å². The normalized spacial score (nSPS) is 11.7. The minimum Gasteiger partial charge on any atom is -0.465 e. The van der Waals surface area contributed by atoms with Crippen LogP contribution in [0.3, 0.4) is 0 Å². The van der Waals surface area contributed by atoms with Crippen molar-refractivity contribution in [2.45, 2.75) is 56.8 Å². The van der Waals surface area contributed by atoms with Crippen molar-refractivity contribution < 1.29 is 23.9 Å². The minimum atomic E-state index is -1.08. The van der Waals surface area contributed by atoms with Gasteiger partial charge in [0.2, 0.25) is 5.95 Å². The Labute approximate surface area is 292 Å². The lowest BCUT2D eigenvalue weighted by atomic mass is 10.1. The standard InChI is InChI=1S/C35H38N6O6S2/c1-5-18-41(22-23-9-14-27-26(21-23)32(44)40-34(36)39-27)25-12-10-24(11-13-25)31(43)38-28(33(45)47-35(2,3)4)15-16-30(42)46-19-20-48-49-29-8-6-7-17-37-29/h1,6-14,17,21,28H,15-16,18-20,22H2,2-4H3,(H,38,43)(H3,36,39,40,44). The zero-order valence-corrected chi connectivity index (χ0v) is 29.1. The third-order valence-corrected chi connectivity index (χ3v) is 9.01. The van der Waals surface area contributed by atoms with Crippen LogP contribution in [0.15, 0.2) is 76.7 Å². The van der Waals surface area contributed by atoms with E-state index in [4.69, 9.17) is 21.6 Å². The van der Waals surface area contributed by atoms with E-state index in [0.29, 0.717) is 28.8 Å². The second-order valence-electron chi connectivity index (χ2n) is 11.8. The van der Waals surface area contributed by atoms with Gasteiger partial charge in [0.05, 0.1) is 17.4 Å². The van der Waals surface area contributed by atoms with E-state index in [9.17, 15) is 19.2 Å². The number of amides is 1. The first-order chi connectivity index (χ1) is 23.4. The van der Waals surface area contributed by atoms with Crippen molar-refractivity contribution in [1.82, 2.24) is 20.3 Å². The van der Waals surface area contributed by atoms with E-state index in [2.05, 4.69) is 26.2 Å². The van der Waals surface area contributed by atoms with E-state index in [-0.39, 0.29) is 37.5 Å².